The SMILES string of the molecule is CCc1ccc(OCc2ccc(C)cc2NC(=S)OC)c(C)c1. The van der Waals surface area contributed by atoms with Crippen LogP contribution in [0, 0.1) is 13.8 Å². The summed E-state index contributed by atoms with van der Waals surface area (Å²) in [4.78, 5) is 0. The Balaban J connectivity index is 2.15. The lowest BCUT2D eigenvalue weighted by Gasteiger charge is -2.15. The van der Waals surface area contributed by atoms with Crippen molar-refractivity contribution in [1.29, 1.82) is 0 Å². The average Bonchev–Trinajstić information content (AvgIpc) is 2.54. The van der Waals surface area contributed by atoms with Crippen LogP contribution < -0.4 is 10.1 Å². The van der Waals surface area contributed by atoms with E-state index in [0.29, 0.717) is 11.8 Å². The van der Waals surface area contributed by atoms with Gasteiger partial charge in [0.15, 0.2) is 0 Å². The molecule has 0 heterocycles. The lowest BCUT2D eigenvalue weighted by Crippen LogP contribution is -2.13. The molecule has 2 aromatic rings. The molecule has 2 aromatic carbocycles. The van der Waals surface area contributed by atoms with Crippen molar-refractivity contribution in [3.8, 4) is 5.75 Å². The van der Waals surface area contributed by atoms with Crippen molar-refractivity contribution in [2.75, 3.05) is 12.4 Å². The zero-order valence-electron chi connectivity index (χ0n) is 14.1. The minimum Gasteiger partial charge on any atom is -0.489 e. The summed E-state index contributed by atoms with van der Waals surface area (Å²) < 4.78 is 11.0. The van der Waals surface area contributed by atoms with Crippen molar-refractivity contribution in [2.45, 2.75) is 33.8 Å². The number of thiocarbonyl (C=S) groups is 1. The highest BCUT2D eigenvalue weighted by molar-refractivity contribution is 7.80. The van der Waals surface area contributed by atoms with Crippen LogP contribution in [0.5, 0.6) is 5.75 Å². The normalized spacial score (nSPS) is 10.3. The van der Waals surface area contributed by atoms with Crippen LogP contribution in [0.3, 0.4) is 0 Å². The van der Waals surface area contributed by atoms with Crippen molar-refractivity contribution < 1.29 is 9.47 Å². The lowest BCUT2D eigenvalue weighted by molar-refractivity contribution is 0.304. The van der Waals surface area contributed by atoms with Crippen LogP contribution in [-0.4, -0.2) is 12.3 Å². The molecule has 0 saturated carbocycles. The van der Waals surface area contributed by atoms with E-state index < -0.39 is 0 Å². The molecule has 0 atom stereocenters. The smallest absolute Gasteiger partial charge is 0.260 e. The molecule has 0 aromatic heterocycles. The summed E-state index contributed by atoms with van der Waals surface area (Å²) in [6.07, 6.45) is 1.03. The van der Waals surface area contributed by atoms with Gasteiger partial charge in [0.1, 0.15) is 12.4 Å². The van der Waals surface area contributed by atoms with Gasteiger partial charge in [-0.1, -0.05) is 31.2 Å². The van der Waals surface area contributed by atoms with Gasteiger partial charge < -0.3 is 14.8 Å². The van der Waals surface area contributed by atoms with Crippen LogP contribution in [-0.2, 0) is 17.8 Å². The minimum atomic E-state index is 0.348. The summed E-state index contributed by atoms with van der Waals surface area (Å²) in [6, 6.07) is 12.5. The molecule has 0 bridgehead atoms. The molecule has 0 aliphatic rings. The first-order valence-electron chi connectivity index (χ1n) is 7.70. The second kappa shape index (κ2) is 7.97. The van der Waals surface area contributed by atoms with Crippen LogP contribution in [0.2, 0.25) is 0 Å². The van der Waals surface area contributed by atoms with Crippen LogP contribution in [0.25, 0.3) is 0 Å². The molecule has 0 aliphatic carbocycles. The Morgan fingerprint density at radius 3 is 2.57 bits per heavy atom. The zero-order valence-corrected chi connectivity index (χ0v) is 14.9. The van der Waals surface area contributed by atoms with Gasteiger partial charge in [-0.3, -0.25) is 0 Å². The van der Waals surface area contributed by atoms with Crippen molar-refractivity contribution >= 4 is 23.1 Å². The molecule has 0 radical (unpaired) electrons. The fourth-order valence-electron chi connectivity index (χ4n) is 2.34. The number of aryl methyl sites for hydroxylation is 3. The van der Waals surface area contributed by atoms with Crippen LogP contribution in [0.4, 0.5) is 5.69 Å². The van der Waals surface area contributed by atoms with Gasteiger partial charge in [0.25, 0.3) is 5.17 Å². The summed E-state index contributed by atoms with van der Waals surface area (Å²) in [5.41, 5.74) is 5.57. The average molecular weight is 329 g/mol. The summed E-state index contributed by atoms with van der Waals surface area (Å²) in [6.45, 7) is 6.74. The van der Waals surface area contributed by atoms with E-state index in [4.69, 9.17) is 21.7 Å². The molecule has 122 valence electrons. The number of anilines is 1. The third-order valence-corrected chi connectivity index (χ3v) is 3.99. The highest BCUT2D eigenvalue weighted by Crippen LogP contribution is 2.24. The predicted molar refractivity (Wildman–Crippen MR) is 99.3 cm³/mol. The molecule has 2 rings (SSSR count). The fourth-order valence-corrected chi connectivity index (χ4v) is 2.45. The third kappa shape index (κ3) is 4.70. The number of ether oxygens (including phenoxy) is 2. The van der Waals surface area contributed by atoms with Gasteiger partial charge in [-0.2, -0.15) is 0 Å². The van der Waals surface area contributed by atoms with Crippen LogP contribution in [0.15, 0.2) is 36.4 Å². The van der Waals surface area contributed by atoms with Gasteiger partial charge >= 0.3 is 0 Å². The molecule has 0 fully saturated rings. The Bertz CT molecular complexity index is 698. The molecule has 0 unspecified atom stereocenters. The fraction of sp³-hybridized carbons (Fsp3) is 0.316. The number of hydrogen-bond donors (Lipinski definition) is 1. The number of methoxy groups -OCH3 is 1. The quantitative estimate of drug-likeness (QED) is 0.799. The van der Waals surface area contributed by atoms with E-state index in [1.54, 1.807) is 7.11 Å². The predicted octanol–water partition coefficient (Wildman–Crippen LogP) is 4.79. The van der Waals surface area contributed by atoms with Gasteiger partial charge in [0.2, 0.25) is 0 Å². The maximum atomic E-state index is 5.99. The van der Waals surface area contributed by atoms with E-state index in [-0.39, 0.29) is 0 Å². The maximum Gasteiger partial charge on any atom is 0.260 e. The Kier molecular flexibility index (Phi) is 5.99. The summed E-state index contributed by atoms with van der Waals surface area (Å²) >= 11 is 5.09. The molecule has 0 saturated heterocycles. The maximum absolute atomic E-state index is 5.99. The minimum absolute atomic E-state index is 0.348. The van der Waals surface area contributed by atoms with Gasteiger partial charge in [-0.25, -0.2) is 0 Å². The Labute approximate surface area is 143 Å². The Morgan fingerprint density at radius 2 is 1.91 bits per heavy atom. The van der Waals surface area contributed by atoms with E-state index in [1.165, 1.54) is 5.56 Å². The van der Waals surface area contributed by atoms with Gasteiger partial charge in [0, 0.05) is 11.3 Å². The summed E-state index contributed by atoms with van der Waals surface area (Å²) in [7, 11) is 1.56. The first-order chi connectivity index (χ1) is 11.0. The van der Waals surface area contributed by atoms with Crippen LogP contribution in [0.1, 0.15) is 29.2 Å². The molecule has 0 amide bonds. The van der Waals surface area contributed by atoms with E-state index in [2.05, 4.69) is 37.4 Å². The highest BCUT2D eigenvalue weighted by atomic mass is 32.1. The molecular weight excluding hydrogens is 306 g/mol. The molecular formula is C19H23NO2S. The second-order valence-electron chi connectivity index (χ2n) is 5.52. The van der Waals surface area contributed by atoms with Crippen LogP contribution >= 0.6 is 12.2 Å². The largest absolute Gasteiger partial charge is 0.489 e. The van der Waals surface area contributed by atoms with E-state index in [0.717, 1.165) is 34.5 Å². The van der Waals surface area contributed by atoms with E-state index >= 15 is 0 Å². The lowest BCUT2D eigenvalue weighted by atomic mass is 10.1. The van der Waals surface area contributed by atoms with E-state index in [9.17, 15) is 0 Å². The molecule has 0 spiro atoms. The standard InChI is InChI=1S/C19H23NO2S/c1-5-15-7-9-18(14(3)11-15)22-12-16-8-6-13(2)10-17(16)20-19(23)21-4/h6-11H,5,12H2,1-4H3,(H,20,23). The van der Waals surface area contributed by atoms with E-state index in [1.807, 2.05) is 25.1 Å². The molecule has 3 nitrogen and oxygen atoms in total. The topological polar surface area (TPSA) is 30.5 Å². The number of nitrogens with one attached hydrogen (secondary N) is 1. The van der Waals surface area contributed by atoms with Crippen molar-refractivity contribution in [3.63, 3.8) is 0 Å². The third-order valence-electron chi connectivity index (χ3n) is 3.72. The van der Waals surface area contributed by atoms with Gasteiger partial charge in [-0.15, -0.1) is 0 Å². The molecule has 23 heavy (non-hydrogen) atoms. The van der Waals surface area contributed by atoms with Gasteiger partial charge in [-0.05, 0) is 61.3 Å². The Hall–Kier alpha value is -2.07. The first kappa shape index (κ1) is 17.3. The van der Waals surface area contributed by atoms with Crippen molar-refractivity contribution in [3.05, 3.63) is 58.7 Å². The molecule has 4 heteroatoms. The Morgan fingerprint density at radius 1 is 1.13 bits per heavy atom. The van der Waals surface area contributed by atoms with Crippen molar-refractivity contribution in [1.82, 2.24) is 0 Å². The number of hydrogen-bond acceptors (Lipinski definition) is 3. The molecule has 0 aliphatic heterocycles. The molecule has 1 N–H and O–H groups in total. The summed E-state index contributed by atoms with van der Waals surface area (Å²) in [5.74, 6) is 0.906. The zero-order chi connectivity index (χ0) is 16.8. The van der Waals surface area contributed by atoms with Gasteiger partial charge in [0.05, 0.1) is 7.11 Å². The monoisotopic (exact) mass is 329 g/mol. The summed E-state index contributed by atoms with van der Waals surface area (Å²) in [5, 5.41) is 3.45. The number of benzene rings is 2. The second-order valence-corrected chi connectivity index (χ2v) is 5.89. The highest BCUT2D eigenvalue weighted by Gasteiger charge is 2.07. The van der Waals surface area contributed by atoms with Crippen molar-refractivity contribution in [2.24, 2.45) is 0 Å². The first-order valence-corrected chi connectivity index (χ1v) is 8.11. The number of rotatable bonds is 5.